The van der Waals surface area contributed by atoms with Gasteiger partial charge in [0.25, 0.3) is 0 Å². The van der Waals surface area contributed by atoms with Crippen molar-refractivity contribution in [2.45, 2.75) is 50.6 Å². The maximum atomic E-state index is 5.93. The van der Waals surface area contributed by atoms with E-state index in [9.17, 15) is 0 Å². The highest BCUT2D eigenvalue weighted by Gasteiger charge is 2.22. The van der Waals surface area contributed by atoms with Crippen LogP contribution in [-0.2, 0) is 6.54 Å². The number of fused-ring (bicyclic) bond motifs is 1. The van der Waals surface area contributed by atoms with Crippen LogP contribution >= 0.6 is 0 Å². The summed E-state index contributed by atoms with van der Waals surface area (Å²) >= 11 is 0. The molecule has 1 atom stereocenters. The van der Waals surface area contributed by atoms with E-state index in [2.05, 4.69) is 16.1 Å². The van der Waals surface area contributed by atoms with Crippen LogP contribution in [0, 0.1) is 0 Å². The largest absolute Gasteiger partial charge is 0.354 e. The summed E-state index contributed by atoms with van der Waals surface area (Å²) in [5.74, 6) is 1.70. The molecule has 0 bridgehead atoms. The van der Waals surface area contributed by atoms with E-state index in [4.69, 9.17) is 10.7 Å². The van der Waals surface area contributed by atoms with Gasteiger partial charge < -0.3 is 15.6 Å². The second-order valence-corrected chi connectivity index (χ2v) is 5.12. The van der Waals surface area contributed by atoms with E-state index in [0.717, 1.165) is 19.0 Å². The number of imidazole rings is 1. The Labute approximate surface area is 96.2 Å². The van der Waals surface area contributed by atoms with Crippen molar-refractivity contribution in [2.75, 3.05) is 11.9 Å². The van der Waals surface area contributed by atoms with Gasteiger partial charge in [-0.15, -0.1) is 0 Å². The number of rotatable bonds is 1. The average molecular weight is 220 g/mol. The minimum absolute atomic E-state index is 0.223. The topological polar surface area (TPSA) is 55.9 Å². The molecule has 0 saturated heterocycles. The molecule has 2 heterocycles. The minimum Gasteiger partial charge on any atom is -0.354 e. The van der Waals surface area contributed by atoms with Gasteiger partial charge in [0.1, 0.15) is 0 Å². The molecule has 1 unspecified atom stereocenters. The van der Waals surface area contributed by atoms with E-state index in [1.165, 1.54) is 37.8 Å². The van der Waals surface area contributed by atoms with Gasteiger partial charge in [-0.1, -0.05) is 19.3 Å². The zero-order valence-corrected chi connectivity index (χ0v) is 9.65. The van der Waals surface area contributed by atoms with Gasteiger partial charge in [-0.05, 0) is 12.8 Å². The van der Waals surface area contributed by atoms with Crippen LogP contribution < -0.4 is 11.1 Å². The zero-order chi connectivity index (χ0) is 11.0. The average Bonchev–Trinajstić information content (AvgIpc) is 2.73. The molecule has 3 N–H and O–H groups in total. The quantitative estimate of drug-likeness (QED) is 0.757. The Bertz CT molecular complexity index is 365. The molecule has 0 amide bonds. The number of nitrogens with one attached hydrogen (secondary N) is 1. The van der Waals surface area contributed by atoms with Crippen LogP contribution in [-0.4, -0.2) is 22.1 Å². The summed E-state index contributed by atoms with van der Waals surface area (Å²) < 4.78 is 2.18. The molecule has 4 nitrogen and oxygen atoms in total. The molecular formula is C12H20N4. The third-order valence-corrected chi connectivity index (χ3v) is 3.77. The highest BCUT2D eigenvalue weighted by molar-refractivity contribution is 5.33. The van der Waals surface area contributed by atoms with E-state index in [1.807, 2.05) is 0 Å². The predicted molar refractivity (Wildman–Crippen MR) is 64.5 cm³/mol. The van der Waals surface area contributed by atoms with Crippen molar-refractivity contribution in [1.29, 1.82) is 0 Å². The lowest BCUT2D eigenvalue weighted by molar-refractivity contribution is 0.437. The monoisotopic (exact) mass is 220 g/mol. The van der Waals surface area contributed by atoms with Crippen LogP contribution in [0.3, 0.4) is 0 Å². The fraction of sp³-hybridized carbons (Fsp3) is 0.750. The van der Waals surface area contributed by atoms with Crippen molar-refractivity contribution in [2.24, 2.45) is 5.73 Å². The Kier molecular flexibility index (Phi) is 2.59. The number of hydrogen-bond acceptors (Lipinski definition) is 3. The van der Waals surface area contributed by atoms with Crippen LogP contribution in [0.1, 0.15) is 43.7 Å². The van der Waals surface area contributed by atoms with Crippen molar-refractivity contribution in [3.63, 3.8) is 0 Å². The summed E-state index contributed by atoms with van der Waals surface area (Å²) in [6.45, 7) is 1.75. The lowest BCUT2D eigenvalue weighted by Crippen LogP contribution is -2.38. The maximum absolute atomic E-state index is 5.93. The predicted octanol–water partition coefficient (Wildman–Crippen LogP) is 1.68. The van der Waals surface area contributed by atoms with E-state index >= 15 is 0 Å². The summed E-state index contributed by atoms with van der Waals surface area (Å²) in [6, 6.07) is 0.223. The second-order valence-electron chi connectivity index (χ2n) is 5.12. The molecule has 4 heteroatoms. The van der Waals surface area contributed by atoms with Crippen LogP contribution in [0.25, 0.3) is 0 Å². The van der Waals surface area contributed by atoms with Crippen LogP contribution in [0.2, 0.25) is 0 Å². The maximum Gasteiger partial charge on any atom is 0.203 e. The summed E-state index contributed by atoms with van der Waals surface area (Å²) in [5, 5.41) is 3.30. The van der Waals surface area contributed by atoms with Crippen LogP contribution in [0.15, 0.2) is 6.20 Å². The molecule has 3 rings (SSSR count). The molecule has 88 valence electrons. The summed E-state index contributed by atoms with van der Waals surface area (Å²) in [4.78, 5) is 4.71. The van der Waals surface area contributed by atoms with E-state index in [0.29, 0.717) is 5.92 Å². The first-order valence-electron chi connectivity index (χ1n) is 6.39. The first-order chi connectivity index (χ1) is 7.83. The fourth-order valence-electron chi connectivity index (χ4n) is 2.85. The van der Waals surface area contributed by atoms with E-state index in [-0.39, 0.29) is 6.04 Å². The molecule has 0 radical (unpaired) electrons. The molecule has 1 aliphatic carbocycles. The van der Waals surface area contributed by atoms with Crippen molar-refractivity contribution in [3.05, 3.63) is 11.9 Å². The van der Waals surface area contributed by atoms with Crippen molar-refractivity contribution in [1.82, 2.24) is 9.55 Å². The second kappa shape index (κ2) is 4.09. The third kappa shape index (κ3) is 1.82. The molecule has 1 aliphatic heterocycles. The zero-order valence-electron chi connectivity index (χ0n) is 9.65. The summed E-state index contributed by atoms with van der Waals surface area (Å²) in [5.41, 5.74) is 7.20. The van der Waals surface area contributed by atoms with Crippen molar-refractivity contribution < 1.29 is 0 Å². The first kappa shape index (κ1) is 10.1. The minimum atomic E-state index is 0.223. The first-order valence-corrected chi connectivity index (χ1v) is 6.39. The summed E-state index contributed by atoms with van der Waals surface area (Å²) in [7, 11) is 0. The van der Waals surface area contributed by atoms with Crippen LogP contribution in [0.5, 0.6) is 0 Å². The Balaban J connectivity index is 1.80. The van der Waals surface area contributed by atoms with E-state index < -0.39 is 0 Å². The van der Waals surface area contributed by atoms with Crippen molar-refractivity contribution in [3.8, 4) is 0 Å². The van der Waals surface area contributed by atoms with E-state index in [1.54, 1.807) is 0 Å². The van der Waals surface area contributed by atoms with Crippen LogP contribution in [0.4, 0.5) is 5.95 Å². The Morgan fingerprint density at radius 2 is 2.12 bits per heavy atom. The van der Waals surface area contributed by atoms with Gasteiger partial charge in [0.2, 0.25) is 5.95 Å². The highest BCUT2D eigenvalue weighted by Crippen LogP contribution is 2.33. The van der Waals surface area contributed by atoms with Gasteiger partial charge in [0.15, 0.2) is 0 Å². The SMILES string of the molecule is NC1CNc2nc(C3CCCCC3)cn2C1. The molecule has 1 aromatic rings. The third-order valence-electron chi connectivity index (χ3n) is 3.77. The van der Waals surface area contributed by atoms with Crippen molar-refractivity contribution >= 4 is 5.95 Å². The standard InChI is InChI=1S/C12H20N4/c13-10-6-14-12-15-11(8-16(12)7-10)9-4-2-1-3-5-9/h8-10H,1-7,13H2,(H,14,15). The highest BCUT2D eigenvalue weighted by atomic mass is 15.2. The van der Waals surface area contributed by atoms with Gasteiger partial charge in [0.05, 0.1) is 5.69 Å². The molecule has 1 fully saturated rings. The lowest BCUT2D eigenvalue weighted by Gasteiger charge is -2.21. The van der Waals surface area contributed by atoms with Gasteiger partial charge in [-0.25, -0.2) is 4.98 Å². The Morgan fingerprint density at radius 1 is 1.31 bits per heavy atom. The number of hydrogen-bond donors (Lipinski definition) is 2. The smallest absolute Gasteiger partial charge is 0.203 e. The number of anilines is 1. The normalized spacial score (nSPS) is 26.2. The molecule has 1 aromatic heterocycles. The summed E-state index contributed by atoms with van der Waals surface area (Å²) in [6.07, 6.45) is 8.94. The Hall–Kier alpha value is -1.03. The van der Waals surface area contributed by atoms with Gasteiger partial charge in [0, 0.05) is 31.2 Å². The van der Waals surface area contributed by atoms with Gasteiger partial charge >= 0.3 is 0 Å². The fourth-order valence-corrected chi connectivity index (χ4v) is 2.85. The van der Waals surface area contributed by atoms with Gasteiger partial charge in [-0.3, -0.25) is 0 Å². The molecule has 0 spiro atoms. The lowest BCUT2D eigenvalue weighted by atomic mass is 9.87. The Morgan fingerprint density at radius 3 is 2.94 bits per heavy atom. The number of aromatic nitrogens is 2. The molecule has 1 saturated carbocycles. The molecule has 0 aromatic carbocycles. The molecule has 2 aliphatic rings. The molecule has 16 heavy (non-hydrogen) atoms. The number of nitrogens with zero attached hydrogens (tertiary/aromatic N) is 2. The molecular weight excluding hydrogens is 200 g/mol. The van der Waals surface area contributed by atoms with Gasteiger partial charge in [-0.2, -0.15) is 0 Å². The number of nitrogens with two attached hydrogens (primary N) is 1.